The van der Waals surface area contributed by atoms with Crippen LogP contribution >= 0.6 is 0 Å². The smallest absolute Gasteiger partial charge is 0.409 e. The van der Waals surface area contributed by atoms with Crippen LogP contribution in [-0.2, 0) is 16.6 Å². The van der Waals surface area contributed by atoms with Gasteiger partial charge >= 0.3 is 6.09 Å². The minimum Gasteiger partial charge on any atom is -0.485 e. The number of nitrogens with zero attached hydrogens (tertiary/aromatic N) is 3. The highest BCUT2D eigenvalue weighted by molar-refractivity contribution is 7.93. The van der Waals surface area contributed by atoms with Crippen molar-refractivity contribution in [1.82, 2.24) is 15.1 Å². The molecule has 3 rings (SSSR count). The van der Waals surface area contributed by atoms with E-state index in [0.717, 1.165) is 4.31 Å². The number of aromatic nitrogens is 2. The van der Waals surface area contributed by atoms with Crippen LogP contribution in [0.4, 0.5) is 16.2 Å². The largest absolute Gasteiger partial charge is 0.485 e. The Bertz CT molecular complexity index is 1150. The van der Waals surface area contributed by atoms with Gasteiger partial charge in [-0.2, -0.15) is 0 Å². The standard InChI is InChI=1S/C21H31N5O8S/c1-4-25-12-18(19(24-25)33-8-7-27)35(31,32)26-11-15(10-22-13-21(2,3)30)34-17-6-5-14(9-16(17)26)23-20(28)29/h5-6,9,12,15,22-23,27,30H,4,7-8,10-11,13H2,1-3H3,(H,28,29). The highest BCUT2D eigenvalue weighted by Crippen LogP contribution is 2.40. The predicted octanol–water partition coefficient (Wildman–Crippen LogP) is 0.681. The van der Waals surface area contributed by atoms with Gasteiger partial charge in [0.2, 0.25) is 0 Å². The first-order chi connectivity index (χ1) is 16.4. The van der Waals surface area contributed by atoms with Crippen molar-refractivity contribution in [3.63, 3.8) is 0 Å². The first-order valence-electron chi connectivity index (χ1n) is 11.0. The molecule has 1 atom stereocenters. The molecule has 1 amide bonds. The minimum atomic E-state index is -4.25. The molecule has 35 heavy (non-hydrogen) atoms. The number of hydrogen-bond acceptors (Lipinski definition) is 9. The monoisotopic (exact) mass is 513 g/mol. The molecule has 2 aromatic rings. The maximum atomic E-state index is 13.9. The van der Waals surface area contributed by atoms with Gasteiger partial charge in [0.05, 0.1) is 24.4 Å². The zero-order valence-corrected chi connectivity index (χ0v) is 20.6. The molecule has 0 saturated heterocycles. The van der Waals surface area contributed by atoms with E-state index < -0.39 is 27.8 Å². The van der Waals surface area contributed by atoms with E-state index >= 15 is 0 Å². The third-order valence-electron chi connectivity index (χ3n) is 4.99. The van der Waals surface area contributed by atoms with Gasteiger partial charge in [0.1, 0.15) is 18.5 Å². The van der Waals surface area contributed by atoms with Gasteiger partial charge in [0.15, 0.2) is 4.90 Å². The summed E-state index contributed by atoms with van der Waals surface area (Å²) >= 11 is 0. The molecule has 1 aliphatic rings. The third kappa shape index (κ3) is 6.54. The lowest BCUT2D eigenvalue weighted by Crippen LogP contribution is -2.49. The molecule has 194 valence electrons. The van der Waals surface area contributed by atoms with E-state index in [2.05, 4.69) is 15.7 Å². The topological polar surface area (TPSA) is 175 Å². The normalized spacial score (nSPS) is 15.9. The van der Waals surface area contributed by atoms with Crippen molar-refractivity contribution >= 4 is 27.5 Å². The first-order valence-corrected chi connectivity index (χ1v) is 12.5. The van der Waals surface area contributed by atoms with E-state index in [1.807, 2.05) is 0 Å². The van der Waals surface area contributed by atoms with E-state index in [9.17, 15) is 18.3 Å². The van der Waals surface area contributed by atoms with Crippen molar-refractivity contribution in [3.8, 4) is 11.6 Å². The Morgan fingerprint density at radius 3 is 2.74 bits per heavy atom. The van der Waals surface area contributed by atoms with Crippen molar-refractivity contribution < 1.29 is 38.0 Å². The van der Waals surface area contributed by atoms with Crippen LogP contribution in [0.15, 0.2) is 29.3 Å². The minimum absolute atomic E-state index is 0.0958. The van der Waals surface area contributed by atoms with Gasteiger partial charge in [-0.25, -0.2) is 13.2 Å². The average molecular weight is 514 g/mol. The molecule has 1 unspecified atom stereocenters. The molecule has 0 radical (unpaired) electrons. The molecule has 1 aromatic carbocycles. The fourth-order valence-corrected chi connectivity index (χ4v) is 5.05. The van der Waals surface area contributed by atoms with Crippen molar-refractivity contribution in [2.45, 2.75) is 43.9 Å². The second kappa shape index (κ2) is 10.7. The molecule has 0 aliphatic carbocycles. The number of aliphatic hydroxyl groups excluding tert-OH is 1. The molecule has 2 heterocycles. The van der Waals surface area contributed by atoms with Crippen LogP contribution in [0.25, 0.3) is 0 Å². The molecule has 1 aromatic heterocycles. The number of carboxylic acid groups (broad SMARTS) is 1. The molecule has 5 N–H and O–H groups in total. The van der Waals surface area contributed by atoms with Gasteiger partial charge in [-0.15, -0.1) is 5.10 Å². The average Bonchev–Trinajstić information content (AvgIpc) is 3.20. The van der Waals surface area contributed by atoms with E-state index in [4.69, 9.17) is 19.7 Å². The van der Waals surface area contributed by atoms with Gasteiger partial charge in [0, 0.05) is 31.5 Å². The molecule has 1 aliphatic heterocycles. The predicted molar refractivity (Wildman–Crippen MR) is 127 cm³/mol. The summed E-state index contributed by atoms with van der Waals surface area (Å²) in [5, 5.41) is 37.6. The molecule has 13 nitrogen and oxygen atoms in total. The van der Waals surface area contributed by atoms with E-state index in [1.54, 1.807) is 20.8 Å². The highest BCUT2D eigenvalue weighted by atomic mass is 32.2. The zero-order chi connectivity index (χ0) is 25.8. The Balaban J connectivity index is 2.02. The van der Waals surface area contributed by atoms with Gasteiger partial charge in [-0.05, 0) is 39.0 Å². The SMILES string of the molecule is CCn1cc(S(=O)(=O)N2CC(CNCC(C)(C)O)Oc3ccc(NC(=O)O)cc32)c(OCCO)n1. The lowest BCUT2D eigenvalue weighted by Gasteiger charge is -2.36. The van der Waals surface area contributed by atoms with Crippen LogP contribution in [0.1, 0.15) is 20.8 Å². The van der Waals surface area contributed by atoms with E-state index in [-0.39, 0.29) is 60.7 Å². The van der Waals surface area contributed by atoms with Crippen LogP contribution in [0, 0.1) is 0 Å². The molecular weight excluding hydrogens is 482 g/mol. The summed E-state index contributed by atoms with van der Waals surface area (Å²) in [6.07, 6.45) is -0.562. The summed E-state index contributed by atoms with van der Waals surface area (Å²) in [5.41, 5.74) is -0.657. The number of amides is 1. The maximum absolute atomic E-state index is 13.9. The third-order valence-corrected chi connectivity index (χ3v) is 6.75. The van der Waals surface area contributed by atoms with Crippen LogP contribution in [0.5, 0.6) is 11.6 Å². The van der Waals surface area contributed by atoms with Gasteiger partial charge in [-0.3, -0.25) is 14.3 Å². The Kier molecular flexibility index (Phi) is 8.10. The number of nitrogens with one attached hydrogen (secondary N) is 2. The number of fused-ring (bicyclic) bond motifs is 1. The molecular formula is C21H31N5O8S. The number of ether oxygens (including phenoxy) is 2. The zero-order valence-electron chi connectivity index (χ0n) is 19.8. The van der Waals surface area contributed by atoms with Gasteiger partial charge in [-0.1, -0.05) is 0 Å². The Morgan fingerprint density at radius 2 is 2.11 bits per heavy atom. The maximum Gasteiger partial charge on any atom is 0.409 e. The number of rotatable bonds is 11. The Morgan fingerprint density at radius 1 is 1.37 bits per heavy atom. The van der Waals surface area contributed by atoms with Crippen molar-refractivity contribution in [2.24, 2.45) is 0 Å². The first kappa shape index (κ1) is 26.5. The van der Waals surface area contributed by atoms with Crippen molar-refractivity contribution in [2.75, 3.05) is 42.5 Å². The van der Waals surface area contributed by atoms with E-state index in [1.165, 1.54) is 29.1 Å². The highest BCUT2D eigenvalue weighted by Gasteiger charge is 2.38. The second-order valence-corrected chi connectivity index (χ2v) is 10.4. The lowest BCUT2D eigenvalue weighted by atomic mass is 10.1. The van der Waals surface area contributed by atoms with Crippen LogP contribution in [0.3, 0.4) is 0 Å². The fraction of sp³-hybridized carbons (Fsp3) is 0.524. The Hall–Kier alpha value is -3.07. The summed E-state index contributed by atoms with van der Waals surface area (Å²) < 4.78 is 41.6. The summed E-state index contributed by atoms with van der Waals surface area (Å²) in [7, 11) is -4.25. The number of aliphatic hydroxyl groups is 2. The van der Waals surface area contributed by atoms with Crippen molar-refractivity contribution in [1.29, 1.82) is 0 Å². The van der Waals surface area contributed by atoms with Gasteiger partial charge < -0.3 is 30.1 Å². The Labute approximate surface area is 203 Å². The van der Waals surface area contributed by atoms with E-state index in [0.29, 0.717) is 6.54 Å². The number of benzene rings is 1. The lowest BCUT2D eigenvalue weighted by molar-refractivity contribution is 0.0756. The number of carbonyl (C=O) groups is 1. The summed E-state index contributed by atoms with van der Waals surface area (Å²) in [6, 6.07) is 4.33. The quantitative estimate of drug-likeness (QED) is 0.287. The molecule has 0 bridgehead atoms. The summed E-state index contributed by atoms with van der Waals surface area (Å²) in [5.74, 6) is 0.0944. The molecule has 14 heteroatoms. The molecule has 0 fully saturated rings. The fourth-order valence-electron chi connectivity index (χ4n) is 3.47. The number of anilines is 2. The van der Waals surface area contributed by atoms with Crippen LogP contribution < -0.4 is 24.4 Å². The number of sulfonamides is 1. The second-order valence-electron chi connectivity index (χ2n) is 8.56. The van der Waals surface area contributed by atoms with Crippen LogP contribution in [-0.4, -0.2) is 84.2 Å². The number of aryl methyl sites for hydroxylation is 1. The molecule has 0 saturated carbocycles. The van der Waals surface area contributed by atoms with Gasteiger partial charge in [0.25, 0.3) is 15.9 Å². The van der Waals surface area contributed by atoms with Crippen LogP contribution in [0.2, 0.25) is 0 Å². The molecule has 0 spiro atoms. The summed E-state index contributed by atoms with van der Waals surface area (Å²) in [4.78, 5) is 10.9. The number of hydrogen-bond donors (Lipinski definition) is 5. The van der Waals surface area contributed by atoms with Crippen molar-refractivity contribution in [3.05, 3.63) is 24.4 Å². The summed E-state index contributed by atoms with van der Waals surface area (Å²) in [6.45, 7) is 5.41.